The number of phenolic OH excluding ortho intramolecular Hbond substituents is 2. The van der Waals surface area contributed by atoms with Gasteiger partial charge >= 0.3 is 0 Å². The molecule has 1 aromatic carbocycles. The van der Waals surface area contributed by atoms with Gasteiger partial charge in [0.25, 0.3) is 0 Å². The summed E-state index contributed by atoms with van der Waals surface area (Å²) in [4.78, 5) is 0. The molecular weight excluding hydrogens is 204 g/mol. The molecule has 0 aliphatic carbocycles. The van der Waals surface area contributed by atoms with Crippen molar-refractivity contribution in [2.24, 2.45) is 0 Å². The molecule has 2 unspecified atom stereocenters. The van der Waals surface area contributed by atoms with Gasteiger partial charge in [-0.05, 0) is 12.1 Å². The number of thiol groups is 1. The maximum atomic E-state index is 9.53. The molecular formula is C9H12O4S. The second kappa shape index (κ2) is 4.54. The lowest BCUT2D eigenvalue weighted by Crippen LogP contribution is -2.19. The van der Waals surface area contributed by atoms with E-state index in [1.807, 2.05) is 0 Å². The number of aliphatic hydroxyl groups excluding tert-OH is 2. The molecule has 0 radical (unpaired) electrons. The smallest absolute Gasteiger partial charge is 0.125 e. The minimum absolute atomic E-state index is 0.0366. The van der Waals surface area contributed by atoms with Crippen molar-refractivity contribution in [3.63, 3.8) is 0 Å². The lowest BCUT2D eigenvalue weighted by molar-refractivity contribution is 0.0307. The quantitative estimate of drug-likeness (QED) is 0.474. The van der Waals surface area contributed by atoms with Crippen molar-refractivity contribution in [3.05, 3.63) is 23.8 Å². The molecule has 1 rings (SSSR count). The van der Waals surface area contributed by atoms with E-state index in [0.29, 0.717) is 0 Å². The Balaban J connectivity index is 3.05. The van der Waals surface area contributed by atoms with Gasteiger partial charge in [0.1, 0.15) is 17.6 Å². The van der Waals surface area contributed by atoms with Crippen molar-refractivity contribution in [2.75, 3.05) is 5.75 Å². The number of phenols is 2. The summed E-state index contributed by atoms with van der Waals surface area (Å²) >= 11 is 3.80. The normalized spacial score (nSPS) is 15.1. The Morgan fingerprint density at radius 1 is 1.14 bits per heavy atom. The van der Waals surface area contributed by atoms with Gasteiger partial charge in [0, 0.05) is 5.75 Å². The van der Waals surface area contributed by atoms with E-state index in [2.05, 4.69) is 12.6 Å². The first kappa shape index (κ1) is 11.2. The highest BCUT2D eigenvalue weighted by atomic mass is 32.1. The summed E-state index contributed by atoms with van der Waals surface area (Å²) in [6.45, 7) is 0. The zero-order valence-corrected chi connectivity index (χ0v) is 8.22. The van der Waals surface area contributed by atoms with E-state index in [0.717, 1.165) is 0 Å². The Bertz CT molecular complexity index is 295. The van der Waals surface area contributed by atoms with Gasteiger partial charge in [-0.25, -0.2) is 0 Å². The lowest BCUT2D eigenvalue weighted by Gasteiger charge is -2.18. The van der Waals surface area contributed by atoms with Crippen LogP contribution in [0.5, 0.6) is 11.5 Å². The van der Waals surface area contributed by atoms with Crippen LogP contribution in [-0.2, 0) is 0 Å². The molecule has 0 aliphatic rings. The molecule has 0 bridgehead atoms. The Morgan fingerprint density at radius 3 is 2.07 bits per heavy atom. The number of hydrogen-bond acceptors (Lipinski definition) is 5. The van der Waals surface area contributed by atoms with Crippen LogP contribution in [0.25, 0.3) is 0 Å². The molecule has 0 aliphatic heterocycles. The van der Waals surface area contributed by atoms with Gasteiger partial charge in [0.15, 0.2) is 0 Å². The van der Waals surface area contributed by atoms with Crippen LogP contribution in [0.4, 0.5) is 0 Å². The third-order valence-electron chi connectivity index (χ3n) is 1.91. The molecule has 2 atom stereocenters. The summed E-state index contributed by atoms with van der Waals surface area (Å²) in [5, 5.41) is 37.5. The molecule has 78 valence electrons. The third kappa shape index (κ3) is 2.12. The number of aromatic hydroxyl groups is 2. The minimum Gasteiger partial charge on any atom is -0.507 e. The first-order chi connectivity index (χ1) is 6.57. The van der Waals surface area contributed by atoms with E-state index in [9.17, 15) is 20.4 Å². The van der Waals surface area contributed by atoms with Crippen molar-refractivity contribution in [3.8, 4) is 11.5 Å². The van der Waals surface area contributed by atoms with Crippen LogP contribution in [0.15, 0.2) is 18.2 Å². The van der Waals surface area contributed by atoms with Crippen molar-refractivity contribution >= 4 is 12.6 Å². The highest BCUT2D eigenvalue weighted by Crippen LogP contribution is 2.34. The van der Waals surface area contributed by atoms with Crippen molar-refractivity contribution in [1.29, 1.82) is 0 Å². The lowest BCUT2D eigenvalue weighted by atomic mass is 10.0. The van der Waals surface area contributed by atoms with Crippen molar-refractivity contribution in [2.45, 2.75) is 12.2 Å². The van der Waals surface area contributed by atoms with Gasteiger partial charge in [0.2, 0.25) is 0 Å². The van der Waals surface area contributed by atoms with Crippen LogP contribution < -0.4 is 0 Å². The SMILES string of the molecule is Oc1cccc(O)c1C(O)C(O)CS. The van der Waals surface area contributed by atoms with Crippen LogP contribution in [0, 0.1) is 0 Å². The second-order valence-electron chi connectivity index (χ2n) is 2.90. The van der Waals surface area contributed by atoms with Crippen LogP contribution in [-0.4, -0.2) is 32.3 Å². The summed E-state index contributed by atoms with van der Waals surface area (Å²) in [5.74, 6) is -0.466. The molecule has 1 aromatic rings. The number of rotatable bonds is 3. The van der Waals surface area contributed by atoms with Gasteiger partial charge < -0.3 is 20.4 Å². The molecule has 0 saturated carbocycles. The molecule has 0 saturated heterocycles. The fourth-order valence-electron chi connectivity index (χ4n) is 1.14. The molecule has 14 heavy (non-hydrogen) atoms. The zero-order valence-electron chi connectivity index (χ0n) is 7.33. The average molecular weight is 216 g/mol. The van der Waals surface area contributed by atoms with Gasteiger partial charge in [-0.3, -0.25) is 0 Å². The number of aliphatic hydroxyl groups is 2. The highest BCUT2D eigenvalue weighted by Gasteiger charge is 2.23. The number of hydrogen-bond donors (Lipinski definition) is 5. The topological polar surface area (TPSA) is 80.9 Å². The highest BCUT2D eigenvalue weighted by molar-refractivity contribution is 7.80. The van der Waals surface area contributed by atoms with Crippen LogP contribution in [0.3, 0.4) is 0 Å². The fourth-order valence-corrected chi connectivity index (χ4v) is 1.34. The maximum Gasteiger partial charge on any atom is 0.125 e. The van der Waals surface area contributed by atoms with E-state index >= 15 is 0 Å². The Kier molecular flexibility index (Phi) is 3.62. The van der Waals surface area contributed by atoms with E-state index in [4.69, 9.17) is 0 Å². The number of benzene rings is 1. The summed E-state index contributed by atoms with van der Waals surface area (Å²) < 4.78 is 0. The molecule has 5 heteroatoms. The predicted octanol–water partition coefficient (Wildman–Crippen LogP) is 0.422. The molecule has 0 spiro atoms. The molecule has 0 heterocycles. The summed E-state index contributed by atoms with van der Waals surface area (Å²) in [7, 11) is 0. The minimum atomic E-state index is -1.34. The maximum absolute atomic E-state index is 9.53. The van der Waals surface area contributed by atoms with Crippen LogP contribution >= 0.6 is 12.6 Å². The average Bonchev–Trinajstić information content (AvgIpc) is 2.16. The Labute approximate surface area is 86.9 Å². The van der Waals surface area contributed by atoms with Gasteiger partial charge in [-0.2, -0.15) is 12.6 Å². The van der Waals surface area contributed by atoms with Crippen molar-refractivity contribution < 1.29 is 20.4 Å². The summed E-state index contributed by atoms with van der Waals surface area (Å²) in [6.07, 6.45) is -2.47. The van der Waals surface area contributed by atoms with Gasteiger partial charge in [-0.1, -0.05) is 6.07 Å². The van der Waals surface area contributed by atoms with E-state index in [-0.39, 0.29) is 22.8 Å². The second-order valence-corrected chi connectivity index (χ2v) is 3.27. The van der Waals surface area contributed by atoms with Gasteiger partial charge in [-0.15, -0.1) is 0 Å². The molecule has 0 fully saturated rings. The molecule has 4 nitrogen and oxygen atoms in total. The molecule has 0 aromatic heterocycles. The van der Waals surface area contributed by atoms with E-state index in [1.54, 1.807) is 0 Å². The Morgan fingerprint density at radius 2 is 1.64 bits per heavy atom. The molecule has 4 N–H and O–H groups in total. The van der Waals surface area contributed by atoms with E-state index in [1.165, 1.54) is 18.2 Å². The third-order valence-corrected chi connectivity index (χ3v) is 2.28. The van der Waals surface area contributed by atoms with Crippen molar-refractivity contribution in [1.82, 2.24) is 0 Å². The van der Waals surface area contributed by atoms with Gasteiger partial charge in [0.05, 0.1) is 11.7 Å². The van der Waals surface area contributed by atoms with E-state index < -0.39 is 12.2 Å². The monoisotopic (exact) mass is 216 g/mol. The first-order valence-corrected chi connectivity index (χ1v) is 4.69. The van der Waals surface area contributed by atoms with Crippen LogP contribution in [0.2, 0.25) is 0 Å². The summed E-state index contributed by atoms with van der Waals surface area (Å²) in [5.41, 5.74) is -0.0750. The molecule has 0 amide bonds. The fraction of sp³-hybridized carbons (Fsp3) is 0.333. The van der Waals surface area contributed by atoms with Crippen LogP contribution in [0.1, 0.15) is 11.7 Å². The Hall–Kier alpha value is -0.910. The summed E-state index contributed by atoms with van der Waals surface area (Å²) in [6, 6.07) is 4.08. The largest absolute Gasteiger partial charge is 0.507 e. The first-order valence-electron chi connectivity index (χ1n) is 4.05. The standard InChI is InChI=1S/C9H12O4S/c10-5-2-1-3-6(11)8(5)9(13)7(12)4-14/h1-3,7,9-14H,4H2. The predicted molar refractivity (Wildman–Crippen MR) is 54.6 cm³/mol. The zero-order chi connectivity index (χ0) is 10.7.